The van der Waals surface area contributed by atoms with Crippen LogP contribution in [0.4, 0.5) is 11.4 Å². The number of hydrogen-bond donors (Lipinski definition) is 2. The Balaban J connectivity index is 2.26. The Morgan fingerprint density at radius 1 is 1.33 bits per heavy atom. The highest BCUT2D eigenvalue weighted by molar-refractivity contribution is 5.72. The summed E-state index contributed by atoms with van der Waals surface area (Å²) in [6.45, 7) is 2.66. The number of methoxy groups -OCH3 is 1. The molecule has 1 aromatic rings. The van der Waals surface area contributed by atoms with Gasteiger partial charge in [-0.2, -0.15) is 5.26 Å². The predicted molar refractivity (Wildman–Crippen MR) is 71.4 cm³/mol. The number of nitrogens with two attached hydrogens (primary N) is 1. The lowest BCUT2D eigenvalue weighted by molar-refractivity contribution is 0.0705. The van der Waals surface area contributed by atoms with Crippen molar-refractivity contribution in [3.63, 3.8) is 0 Å². The van der Waals surface area contributed by atoms with Crippen molar-refractivity contribution < 1.29 is 9.47 Å². The number of hydrogen-bond acceptors (Lipinski definition) is 5. The van der Waals surface area contributed by atoms with Crippen molar-refractivity contribution >= 4 is 11.4 Å². The van der Waals surface area contributed by atoms with E-state index in [1.165, 1.54) is 0 Å². The molecule has 0 atom stereocenters. The summed E-state index contributed by atoms with van der Waals surface area (Å²) in [6.07, 6.45) is 0.875. The summed E-state index contributed by atoms with van der Waals surface area (Å²) < 4.78 is 10.2. The van der Waals surface area contributed by atoms with Crippen molar-refractivity contribution in [2.45, 2.75) is 6.42 Å². The Morgan fingerprint density at radius 3 is 2.89 bits per heavy atom. The average molecular weight is 249 g/mol. The van der Waals surface area contributed by atoms with Crippen LogP contribution in [0.3, 0.4) is 0 Å². The topological polar surface area (TPSA) is 80.3 Å². The van der Waals surface area contributed by atoms with Crippen LogP contribution in [-0.2, 0) is 9.47 Å². The Bertz CT molecular complexity index is 402. The highest BCUT2D eigenvalue weighted by Crippen LogP contribution is 2.21. The first-order valence-electron chi connectivity index (χ1n) is 5.88. The molecule has 0 heterocycles. The molecule has 1 rings (SSSR count). The highest BCUT2D eigenvalue weighted by Gasteiger charge is 2.02. The Hall–Kier alpha value is -1.77. The molecular formula is C13H19N3O2. The van der Waals surface area contributed by atoms with E-state index < -0.39 is 0 Å². The van der Waals surface area contributed by atoms with Gasteiger partial charge in [0, 0.05) is 20.3 Å². The van der Waals surface area contributed by atoms with Crippen LogP contribution in [-0.4, -0.2) is 33.5 Å². The largest absolute Gasteiger partial charge is 0.396 e. The van der Waals surface area contributed by atoms with Gasteiger partial charge in [0.2, 0.25) is 0 Å². The van der Waals surface area contributed by atoms with Crippen LogP contribution in [0.15, 0.2) is 18.2 Å². The lowest BCUT2D eigenvalue weighted by Crippen LogP contribution is -2.09. The van der Waals surface area contributed by atoms with E-state index in [4.69, 9.17) is 20.5 Å². The van der Waals surface area contributed by atoms with Crippen LogP contribution in [0.2, 0.25) is 0 Å². The number of ether oxygens (including phenoxy) is 2. The minimum Gasteiger partial charge on any atom is -0.396 e. The van der Waals surface area contributed by atoms with Crippen LogP contribution in [0.25, 0.3) is 0 Å². The van der Waals surface area contributed by atoms with Gasteiger partial charge in [-0.25, -0.2) is 0 Å². The van der Waals surface area contributed by atoms with Gasteiger partial charge in [-0.05, 0) is 18.6 Å². The van der Waals surface area contributed by atoms with Crippen LogP contribution in [0.1, 0.15) is 12.0 Å². The second-order valence-corrected chi connectivity index (χ2v) is 3.76. The Kier molecular flexibility index (Phi) is 6.62. The van der Waals surface area contributed by atoms with Gasteiger partial charge in [-0.1, -0.05) is 6.07 Å². The van der Waals surface area contributed by atoms with Gasteiger partial charge < -0.3 is 20.5 Å². The zero-order valence-electron chi connectivity index (χ0n) is 10.6. The van der Waals surface area contributed by atoms with E-state index in [0.29, 0.717) is 31.1 Å². The first-order valence-corrected chi connectivity index (χ1v) is 5.88. The first kappa shape index (κ1) is 14.3. The summed E-state index contributed by atoms with van der Waals surface area (Å²) in [5.74, 6) is 0. The molecule has 5 nitrogen and oxygen atoms in total. The molecule has 0 aliphatic heterocycles. The second-order valence-electron chi connectivity index (χ2n) is 3.76. The van der Waals surface area contributed by atoms with E-state index in [1.807, 2.05) is 12.1 Å². The standard InChI is InChI=1S/C13H19N3O2/c1-17-8-9-18-7-3-6-16-12-5-2-4-11(10-14)13(12)15/h2,4-5,16H,3,6-9,15H2,1H3. The number of nitrogen functional groups attached to an aromatic ring is 1. The lowest BCUT2D eigenvalue weighted by atomic mass is 10.1. The molecule has 0 aromatic heterocycles. The third-order valence-electron chi connectivity index (χ3n) is 2.44. The number of nitrogens with zero attached hydrogens (tertiary/aromatic N) is 1. The van der Waals surface area contributed by atoms with Gasteiger partial charge in [0.1, 0.15) is 6.07 Å². The van der Waals surface area contributed by atoms with Gasteiger partial charge in [0.15, 0.2) is 0 Å². The molecule has 0 unspecified atom stereocenters. The monoisotopic (exact) mass is 249 g/mol. The van der Waals surface area contributed by atoms with E-state index in [2.05, 4.69) is 11.4 Å². The van der Waals surface area contributed by atoms with Gasteiger partial charge in [-0.3, -0.25) is 0 Å². The fraction of sp³-hybridized carbons (Fsp3) is 0.462. The van der Waals surface area contributed by atoms with Crippen molar-refractivity contribution in [3.8, 4) is 6.07 Å². The van der Waals surface area contributed by atoms with Crippen molar-refractivity contribution in [1.82, 2.24) is 0 Å². The summed E-state index contributed by atoms with van der Waals surface area (Å²) in [5.41, 5.74) is 7.64. The van der Waals surface area contributed by atoms with Crippen LogP contribution in [0, 0.1) is 11.3 Å². The quantitative estimate of drug-likeness (QED) is 0.540. The smallest absolute Gasteiger partial charge is 0.101 e. The maximum absolute atomic E-state index is 8.85. The third-order valence-corrected chi connectivity index (χ3v) is 2.44. The molecule has 0 bridgehead atoms. The average Bonchev–Trinajstić information content (AvgIpc) is 2.39. The van der Waals surface area contributed by atoms with Crippen LogP contribution in [0.5, 0.6) is 0 Å². The fourth-order valence-electron chi connectivity index (χ4n) is 1.46. The number of benzene rings is 1. The van der Waals surface area contributed by atoms with E-state index in [0.717, 1.165) is 18.7 Å². The van der Waals surface area contributed by atoms with Gasteiger partial charge >= 0.3 is 0 Å². The number of rotatable bonds is 8. The Morgan fingerprint density at radius 2 is 2.17 bits per heavy atom. The van der Waals surface area contributed by atoms with Crippen LogP contribution < -0.4 is 11.1 Å². The van der Waals surface area contributed by atoms with Crippen molar-refractivity contribution in [1.29, 1.82) is 5.26 Å². The Labute approximate surface area is 107 Å². The maximum atomic E-state index is 8.85. The molecule has 3 N–H and O–H groups in total. The first-order chi connectivity index (χ1) is 8.79. The van der Waals surface area contributed by atoms with Gasteiger partial charge in [0.05, 0.1) is 30.2 Å². The molecule has 0 saturated heterocycles. The number of nitrogens with one attached hydrogen (secondary N) is 1. The zero-order valence-corrected chi connectivity index (χ0v) is 10.6. The van der Waals surface area contributed by atoms with Crippen LogP contribution >= 0.6 is 0 Å². The summed E-state index contributed by atoms with van der Waals surface area (Å²) >= 11 is 0. The van der Waals surface area contributed by atoms with Gasteiger partial charge in [-0.15, -0.1) is 0 Å². The molecule has 0 spiro atoms. The normalized spacial score (nSPS) is 10.0. The molecular weight excluding hydrogens is 230 g/mol. The summed E-state index contributed by atoms with van der Waals surface area (Å²) in [6, 6.07) is 7.43. The highest BCUT2D eigenvalue weighted by atomic mass is 16.5. The van der Waals surface area contributed by atoms with Crippen molar-refractivity contribution in [2.75, 3.05) is 44.5 Å². The summed E-state index contributed by atoms with van der Waals surface area (Å²) in [5, 5.41) is 12.0. The molecule has 5 heteroatoms. The molecule has 0 radical (unpaired) electrons. The number of para-hydroxylation sites is 1. The van der Waals surface area contributed by atoms with Crippen molar-refractivity contribution in [2.24, 2.45) is 0 Å². The zero-order chi connectivity index (χ0) is 13.2. The third kappa shape index (κ3) is 4.62. The van der Waals surface area contributed by atoms with E-state index in [9.17, 15) is 0 Å². The molecule has 1 aromatic carbocycles. The lowest BCUT2D eigenvalue weighted by Gasteiger charge is -2.10. The predicted octanol–water partition coefficient (Wildman–Crippen LogP) is 1.61. The number of nitriles is 1. The molecule has 0 aliphatic rings. The summed E-state index contributed by atoms with van der Waals surface area (Å²) in [7, 11) is 1.65. The molecule has 0 fully saturated rings. The second kappa shape index (κ2) is 8.34. The minimum absolute atomic E-state index is 0.497. The molecule has 0 amide bonds. The van der Waals surface area contributed by atoms with E-state index in [1.54, 1.807) is 13.2 Å². The van der Waals surface area contributed by atoms with Gasteiger partial charge in [0.25, 0.3) is 0 Å². The van der Waals surface area contributed by atoms with E-state index in [-0.39, 0.29) is 0 Å². The fourth-order valence-corrected chi connectivity index (χ4v) is 1.46. The molecule has 0 aliphatic carbocycles. The molecule has 18 heavy (non-hydrogen) atoms. The minimum atomic E-state index is 0.497. The SMILES string of the molecule is COCCOCCCNc1cccc(C#N)c1N. The number of anilines is 2. The van der Waals surface area contributed by atoms with E-state index >= 15 is 0 Å². The van der Waals surface area contributed by atoms with Crippen molar-refractivity contribution in [3.05, 3.63) is 23.8 Å². The summed E-state index contributed by atoms with van der Waals surface area (Å²) in [4.78, 5) is 0. The molecule has 98 valence electrons. The maximum Gasteiger partial charge on any atom is 0.101 e. The molecule has 0 saturated carbocycles.